The number of hydrogen-bond donors (Lipinski definition) is 3. The van der Waals surface area contributed by atoms with Crippen molar-refractivity contribution in [1.29, 1.82) is 0 Å². The van der Waals surface area contributed by atoms with Gasteiger partial charge in [-0.2, -0.15) is 0 Å². The second-order valence-corrected chi connectivity index (χ2v) is 3.40. The van der Waals surface area contributed by atoms with Crippen molar-refractivity contribution >= 4 is 0 Å². The highest BCUT2D eigenvalue weighted by Crippen LogP contribution is 2.18. The summed E-state index contributed by atoms with van der Waals surface area (Å²) in [5, 5.41) is 27.0. The van der Waals surface area contributed by atoms with Gasteiger partial charge in [0.2, 0.25) is 0 Å². The third-order valence-corrected chi connectivity index (χ3v) is 1.99. The van der Waals surface area contributed by atoms with E-state index in [0.717, 1.165) is 5.56 Å². The van der Waals surface area contributed by atoms with Gasteiger partial charge in [-0.15, -0.1) is 0 Å². The van der Waals surface area contributed by atoms with Gasteiger partial charge in [-0.25, -0.2) is 0 Å². The summed E-state index contributed by atoms with van der Waals surface area (Å²) in [5.41, 5.74) is 0.756. The van der Waals surface area contributed by atoms with Crippen molar-refractivity contribution in [1.82, 2.24) is 0 Å². The second kappa shape index (κ2) is 5.70. The smallest absolute Gasteiger partial charge is 0.119 e. The van der Waals surface area contributed by atoms with Gasteiger partial charge in [0.1, 0.15) is 18.5 Å². The second-order valence-electron chi connectivity index (χ2n) is 3.40. The van der Waals surface area contributed by atoms with Crippen LogP contribution in [-0.4, -0.2) is 34.6 Å². The molecule has 0 spiro atoms. The quantitative estimate of drug-likeness (QED) is 0.663. The molecule has 0 fully saturated rings. The van der Waals surface area contributed by atoms with Crippen LogP contribution in [-0.2, 0) is 0 Å². The van der Waals surface area contributed by atoms with Crippen LogP contribution in [0.4, 0.5) is 0 Å². The molecule has 1 aromatic carbocycles. The first-order chi connectivity index (χ1) is 7.13. The van der Waals surface area contributed by atoms with E-state index in [1.807, 2.05) is 0 Å². The first-order valence-corrected chi connectivity index (χ1v) is 4.83. The summed E-state index contributed by atoms with van der Waals surface area (Å²) in [6.07, 6.45) is -1.42. The maximum atomic E-state index is 9.33. The molecule has 0 saturated heterocycles. The lowest BCUT2D eigenvalue weighted by atomic mass is 10.1. The predicted molar refractivity (Wildman–Crippen MR) is 55.7 cm³/mol. The molecule has 4 heteroatoms. The molecule has 0 bridgehead atoms. The van der Waals surface area contributed by atoms with Crippen LogP contribution in [0.15, 0.2) is 24.3 Å². The number of aliphatic hydroxyl groups excluding tert-OH is 3. The van der Waals surface area contributed by atoms with E-state index in [4.69, 9.17) is 14.9 Å². The number of aliphatic hydroxyl groups is 3. The standard InChI is InChI=1S/C11H16O4/c1-8(13)9-3-2-4-11(5-9)15-7-10(14)6-12/h2-5,8,10,12-14H,6-7H2,1H3. The minimum Gasteiger partial charge on any atom is -0.491 e. The average molecular weight is 212 g/mol. The molecule has 1 aromatic rings. The van der Waals surface area contributed by atoms with E-state index in [9.17, 15) is 5.11 Å². The van der Waals surface area contributed by atoms with Gasteiger partial charge in [0.15, 0.2) is 0 Å². The van der Waals surface area contributed by atoms with E-state index in [1.54, 1.807) is 31.2 Å². The van der Waals surface area contributed by atoms with Gasteiger partial charge in [-0.3, -0.25) is 0 Å². The molecular weight excluding hydrogens is 196 g/mol. The Morgan fingerprint density at radius 1 is 1.33 bits per heavy atom. The molecule has 0 radical (unpaired) electrons. The fourth-order valence-corrected chi connectivity index (χ4v) is 1.11. The monoisotopic (exact) mass is 212 g/mol. The highest BCUT2D eigenvalue weighted by molar-refractivity contribution is 5.29. The summed E-state index contributed by atoms with van der Waals surface area (Å²) in [6.45, 7) is 1.39. The van der Waals surface area contributed by atoms with Gasteiger partial charge >= 0.3 is 0 Å². The molecule has 15 heavy (non-hydrogen) atoms. The van der Waals surface area contributed by atoms with Gasteiger partial charge in [0, 0.05) is 0 Å². The molecule has 3 N–H and O–H groups in total. The van der Waals surface area contributed by atoms with Gasteiger partial charge in [0.25, 0.3) is 0 Å². The molecule has 0 heterocycles. The fourth-order valence-electron chi connectivity index (χ4n) is 1.11. The highest BCUT2D eigenvalue weighted by atomic mass is 16.5. The molecule has 84 valence electrons. The van der Waals surface area contributed by atoms with Crippen molar-refractivity contribution < 1.29 is 20.1 Å². The summed E-state index contributed by atoms with van der Waals surface area (Å²) >= 11 is 0. The van der Waals surface area contributed by atoms with E-state index in [2.05, 4.69) is 0 Å². The van der Waals surface area contributed by atoms with E-state index in [1.165, 1.54) is 0 Å². The van der Waals surface area contributed by atoms with Crippen LogP contribution in [0, 0.1) is 0 Å². The zero-order chi connectivity index (χ0) is 11.3. The molecule has 2 unspecified atom stereocenters. The van der Waals surface area contributed by atoms with Gasteiger partial charge in [-0.05, 0) is 24.6 Å². The number of benzene rings is 1. The number of rotatable bonds is 5. The summed E-state index contributed by atoms with van der Waals surface area (Å²) in [6, 6.07) is 6.99. The third-order valence-electron chi connectivity index (χ3n) is 1.99. The predicted octanol–water partition coefficient (Wildman–Crippen LogP) is 0.472. The van der Waals surface area contributed by atoms with Crippen LogP contribution in [0.2, 0.25) is 0 Å². The van der Waals surface area contributed by atoms with Crippen molar-refractivity contribution in [3.63, 3.8) is 0 Å². The van der Waals surface area contributed by atoms with Gasteiger partial charge in [0.05, 0.1) is 12.7 Å². The van der Waals surface area contributed by atoms with Crippen molar-refractivity contribution in [2.75, 3.05) is 13.2 Å². The normalized spacial score (nSPS) is 14.7. The fraction of sp³-hybridized carbons (Fsp3) is 0.455. The highest BCUT2D eigenvalue weighted by Gasteiger charge is 2.05. The Kier molecular flexibility index (Phi) is 4.55. The van der Waals surface area contributed by atoms with Crippen LogP contribution in [0.3, 0.4) is 0 Å². The van der Waals surface area contributed by atoms with Crippen molar-refractivity contribution in [3.8, 4) is 5.75 Å². The molecule has 0 aromatic heterocycles. The Bertz CT molecular complexity index is 298. The molecule has 0 aliphatic rings. The first kappa shape index (κ1) is 12.0. The van der Waals surface area contributed by atoms with Crippen LogP contribution in [0.25, 0.3) is 0 Å². The summed E-state index contributed by atoms with van der Waals surface area (Å²) in [4.78, 5) is 0. The van der Waals surface area contributed by atoms with Crippen molar-refractivity contribution in [3.05, 3.63) is 29.8 Å². The molecule has 0 amide bonds. The lowest BCUT2D eigenvalue weighted by Crippen LogP contribution is -2.21. The zero-order valence-corrected chi connectivity index (χ0v) is 8.63. The van der Waals surface area contributed by atoms with E-state index in [0.29, 0.717) is 5.75 Å². The molecule has 0 aliphatic heterocycles. The summed E-state index contributed by atoms with van der Waals surface area (Å²) < 4.78 is 5.23. The van der Waals surface area contributed by atoms with E-state index < -0.39 is 12.2 Å². The maximum Gasteiger partial charge on any atom is 0.119 e. The van der Waals surface area contributed by atoms with Crippen LogP contribution < -0.4 is 4.74 Å². The Morgan fingerprint density at radius 3 is 2.67 bits per heavy atom. The molecule has 2 atom stereocenters. The Morgan fingerprint density at radius 2 is 2.07 bits per heavy atom. The van der Waals surface area contributed by atoms with Crippen LogP contribution in [0.1, 0.15) is 18.6 Å². The lowest BCUT2D eigenvalue weighted by molar-refractivity contribution is 0.0535. The summed E-state index contributed by atoms with van der Waals surface area (Å²) in [7, 11) is 0. The van der Waals surface area contributed by atoms with Gasteiger partial charge < -0.3 is 20.1 Å². The zero-order valence-electron chi connectivity index (χ0n) is 8.63. The maximum absolute atomic E-state index is 9.33. The van der Waals surface area contributed by atoms with Crippen molar-refractivity contribution in [2.24, 2.45) is 0 Å². The largest absolute Gasteiger partial charge is 0.491 e. The van der Waals surface area contributed by atoms with E-state index >= 15 is 0 Å². The first-order valence-electron chi connectivity index (χ1n) is 4.83. The topological polar surface area (TPSA) is 69.9 Å². The van der Waals surface area contributed by atoms with Gasteiger partial charge in [-0.1, -0.05) is 12.1 Å². The molecule has 4 nitrogen and oxygen atoms in total. The summed E-state index contributed by atoms with van der Waals surface area (Å²) in [5.74, 6) is 0.570. The molecule has 0 aliphatic carbocycles. The average Bonchev–Trinajstić information content (AvgIpc) is 2.26. The minimum atomic E-state index is -0.875. The molecular formula is C11H16O4. The van der Waals surface area contributed by atoms with Crippen LogP contribution in [0.5, 0.6) is 5.75 Å². The van der Waals surface area contributed by atoms with E-state index in [-0.39, 0.29) is 13.2 Å². The molecule has 0 saturated carbocycles. The van der Waals surface area contributed by atoms with Crippen LogP contribution >= 0.6 is 0 Å². The molecule has 1 rings (SSSR count). The minimum absolute atomic E-state index is 0.0414. The number of hydrogen-bond acceptors (Lipinski definition) is 4. The Hall–Kier alpha value is -1.10. The third kappa shape index (κ3) is 3.87. The van der Waals surface area contributed by atoms with Crippen molar-refractivity contribution in [2.45, 2.75) is 19.1 Å². The Balaban J connectivity index is 2.58. The number of ether oxygens (including phenoxy) is 1. The SMILES string of the molecule is CC(O)c1cccc(OCC(O)CO)c1. The lowest BCUT2D eigenvalue weighted by Gasteiger charge is -2.11. The Labute approximate surface area is 88.8 Å².